The molecule has 4 aromatic rings. The van der Waals surface area contributed by atoms with Crippen LogP contribution in [-0.4, -0.2) is 100 Å². The summed E-state index contributed by atoms with van der Waals surface area (Å²) in [5.41, 5.74) is 3.25. The van der Waals surface area contributed by atoms with Crippen molar-refractivity contribution in [1.29, 1.82) is 0 Å². The number of hydrogen-bond acceptors (Lipinski definition) is 8. The van der Waals surface area contributed by atoms with Crippen molar-refractivity contribution in [1.82, 2.24) is 29.5 Å². The maximum absolute atomic E-state index is 12.6. The summed E-state index contributed by atoms with van der Waals surface area (Å²) in [5, 5.41) is 11.8. The van der Waals surface area contributed by atoms with E-state index in [0.717, 1.165) is 80.0 Å². The first-order valence-electron chi connectivity index (χ1n) is 16.9. The van der Waals surface area contributed by atoms with Crippen LogP contribution in [0.25, 0.3) is 22.4 Å². The number of urea groups is 1. The number of hydrogen-bond donors (Lipinski definition) is 2. The van der Waals surface area contributed by atoms with Gasteiger partial charge in [-0.25, -0.2) is 19.4 Å². The van der Waals surface area contributed by atoms with E-state index >= 15 is 0 Å². The number of rotatable bonds is 6. The first kappa shape index (κ1) is 29.3. The van der Waals surface area contributed by atoms with Gasteiger partial charge in [-0.15, -0.1) is 0 Å². The Bertz CT molecular complexity index is 1650. The third-order valence-electron chi connectivity index (χ3n) is 10.3. The van der Waals surface area contributed by atoms with E-state index in [1.807, 2.05) is 60.8 Å². The van der Waals surface area contributed by atoms with Crippen molar-refractivity contribution in [2.75, 3.05) is 61.8 Å². The van der Waals surface area contributed by atoms with E-state index < -0.39 is 0 Å². The summed E-state index contributed by atoms with van der Waals surface area (Å²) < 4.78 is 8.36. The number of carbonyl (C=O) groups excluding carboxylic acids is 1. The number of piperazine rings is 1. The molecule has 4 aliphatic rings. The zero-order chi connectivity index (χ0) is 31.0. The molecule has 46 heavy (non-hydrogen) atoms. The fourth-order valence-corrected chi connectivity index (χ4v) is 7.71. The van der Waals surface area contributed by atoms with Crippen molar-refractivity contribution in [2.45, 2.75) is 62.8 Å². The van der Waals surface area contributed by atoms with Crippen LogP contribution in [0.3, 0.4) is 0 Å². The lowest BCUT2D eigenvalue weighted by Crippen LogP contribution is -2.49. The molecule has 0 spiro atoms. The number of para-hydroxylation sites is 1. The van der Waals surface area contributed by atoms with Crippen molar-refractivity contribution in [3.63, 3.8) is 0 Å². The van der Waals surface area contributed by atoms with Crippen molar-refractivity contribution < 1.29 is 9.53 Å². The molecule has 240 valence electrons. The number of ether oxygens (including phenoxy) is 1. The lowest BCUT2D eigenvalue weighted by atomic mass is 9.90. The molecule has 4 fully saturated rings. The predicted molar refractivity (Wildman–Crippen MR) is 180 cm³/mol. The maximum Gasteiger partial charge on any atom is 0.323 e. The van der Waals surface area contributed by atoms with Gasteiger partial charge in [-0.05, 0) is 82.0 Å². The summed E-state index contributed by atoms with van der Waals surface area (Å²) in [6.07, 6.45) is 9.29. The van der Waals surface area contributed by atoms with E-state index in [-0.39, 0.29) is 18.2 Å². The first-order valence-corrected chi connectivity index (χ1v) is 16.9. The van der Waals surface area contributed by atoms with Crippen molar-refractivity contribution >= 4 is 34.3 Å². The number of anilines is 3. The van der Waals surface area contributed by atoms with Gasteiger partial charge in [-0.2, -0.15) is 5.10 Å². The Labute approximate surface area is 269 Å². The minimum Gasteiger partial charge on any atom is -0.371 e. The molecule has 2 aromatic carbocycles. The second kappa shape index (κ2) is 12.6. The van der Waals surface area contributed by atoms with Crippen LogP contribution >= 0.6 is 0 Å². The molecular formula is C35H43N9O2. The summed E-state index contributed by atoms with van der Waals surface area (Å²) in [5.74, 6) is 1.62. The van der Waals surface area contributed by atoms with Crippen LogP contribution in [0.1, 0.15) is 44.6 Å². The standard InChI is InChI=1S/C35H43N9O2/c1-41-17-19-42(20-18-41)27-11-13-28(14-12-27)44-34-31(21-36-44)33(43-22-29-15-16-30(23-43)46-29)39-32(40-34)24-7-9-26(10-8-24)38-35(45)37-25-5-3-2-4-6-25/h2-10,21,27-30H,11-20,22-23H2,1H3,(H2,37,38,45). The number of fused-ring (bicyclic) bond motifs is 3. The molecule has 2 amide bonds. The predicted octanol–water partition coefficient (Wildman–Crippen LogP) is 5.24. The molecule has 1 saturated carbocycles. The van der Waals surface area contributed by atoms with E-state index in [0.29, 0.717) is 23.6 Å². The molecular weight excluding hydrogens is 578 g/mol. The van der Waals surface area contributed by atoms with Gasteiger partial charge in [0.2, 0.25) is 0 Å². The van der Waals surface area contributed by atoms with Crippen LogP contribution in [0.2, 0.25) is 0 Å². The number of nitrogens with one attached hydrogen (secondary N) is 2. The maximum atomic E-state index is 12.6. The Morgan fingerprint density at radius 1 is 0.783 bits per heavy atom. The zero-order valence-corrected chi connectivity index (χ0v) is 26.5. The zero-order valence-electron chi connectivity index (χ0n) is 26.5. The lowest BCUT2D eigenvalue weighted by molar-refractivity contribution is 0.0303. The highest BCUT2D eigenvalue weighted by Gasteiger charge is 2.36. The van der Waals surface area contributed by atoms with E-state index in [9.17, 15) is 4.79 Å². The van der Waals surface area contributed by atoms with E-state index in [1.165, 1.54) is 25.9 Å². The van der Waals surface area contributed by atoms with E-state index in [2.05, 4.69) is 37.1 Å². The normalized spacial score (nSPS) is 25.5. The van der Waals surface area contributed by atoms with Gasteiger partial charge in [0.05, 0.1) is 29.8 Å². The number of aromatic nitrogens is 4. The van der Waals surface area contributed by atoms with Crippen LogP contribution in [0.4, 0.5) is 22.0 Å². The third kappa shape index (κ3) is 6.06. The fraction of sp³-hybridized carbons (Fsp3) is 0.486. The van der Waals surface area contributed by atoms with Crippen LogP contribution in [0.5, 0.6) is 0 Å². The molecule has 3 saturated heterocycles. The Kier molecular flexibility index (Phi) is 8.05. The molecule has 2 N–H and O–H groups in total. The minimum absolute atomic E-state index is 0.250. The summed E-state index contributed by atoms with van der Waals surface area (Å²) in [7, 11) is 2.22. The first-order chi connectivity index (χ1) is 22.6. The van der Waals surface area contributed by atoms with Gasteiger partial charge in [0.1, 0.15) is 5.82 Å². The summed E-state index contributed by atoms with van der Waals surface area (Å²) in [6.45, 7) is 6.33. The van der Waals surface area contributed by atoms with Gasteiger partial charge in [0.25, 0.3) is 0 Å². The van der Waals surface area contributed by atoms with Gasteiger partial charge in [0, 0.05) is 62.2 Å². The smallest absolute Gasteiger partial charge is 0.323 e. The molecule has 2 bridgehead atoms. The fourth-order valence-electron chi connectivity index (χ4n) is 7.71. The number of carbonyl (C=O) groups is 1. The number of morpholine rings is 1. The third-order valence-corrected chi connectivity index (χ3v) is 10.3. The Hall–Kier alpha value is -4.06. The second-order valence-electron chi connectivity index (χ2n) is 13.4. The second-order valence-corrected chi connectivity index (χ2v) is 13.4. The van der Waals surface area contributed by atoms with Crippen molar-refractivity contribution in [3.05, 3.63) is 60.8 Å². The Morgan fingerprint density at radius 3 is 2.13 bits per heavy atom. The summed E-state index contributed by atoms with van der Waals surface area (Å²) in [6, 6.07) is 17.9. The van der Waals surface area contributed by atoms with Gasteiger partial charge in [0.15, 0.2) is 11.5 Å². The molecule has 5 heterocycles. The Balaban J connectivity index is 1.05. The van der Waals surface area contributed by atoms with E-state index in [1.54, 1.807) is 0 Å². The highest BCUT2D eigenvalue weighted by Crippen LogP contribution is 2.37. The molecule has 2 atom stereocenters. The summed E-state index contributed by atoms with van der Waals surface area (Å²) in [4.78, 5) is 30.4. The average molecular weight is 622 g/mol. The molecule has 11 heteroatoms. The highest BCUT2D eigenvalue weighted by atomic mass is 16.5. The molecule has 3 aliphatic heterocycles. The van der Waals surface area contributed by atoms with Gasteiger partial charge in [-0.1, -0.05) is 18.2 Å². The van der Waals surface area contributed by atoms with Crippen LogP contribution in [-0.2, 0) is 4.74 Å². The summed E-state index contributed by atoms with van der Waals surface area (Å²) >= 11 is 0. The van der Waals surface area contributed by atoms with Crippen molar-refractivity contribution in [3.8, 4) is 11.4 Å². The number of amides is 2. The quantitative estimate of drug-likeness (QED) is 0.302. The van der Waals surface area contributed by atoms with Crippen LogP contribution in [0, 0.1) is 0 Å². The SMILES string of the molecule is CN1CCN(C2CCC(n3ncc4c(N5CC6CCC(C5)O6)nc(-c5ccc(NC(=O)Nc6ccccc6)cc5)nc43)CC2)CC1. The number of nitrogens with zero attached hydrogens (tertiary/aromatic N) is 7. The molecule has 1 aliphatic carbocycles. The van der Waals surface area contributed by atoms with Gasteiger partial charge >= 0.3 is 6.03 Å². The van der Waals surface area contributed by atoms with Gasteiger partial charge in [-0.3, -0.25) is 4.90 Å². The topological polar surface area (TPSA) is 104 Å². The number of benzene rings is 2. The average Bonchev–Trinajstić information content (AvgIpc) is 3.67. The number of likely N-dealkylation sites (N-methyl/N-ethyl adjacent to an activating group) is 1. The molecule has 2 unspecified atom stereocenters. The largest absolute Gasteiger partial charge is 0.371 e. The molecule has 2 aromatic heterocycles. The van der Waals surface area contributed by atoms with Crippen molar-refractivity contribution in [2.24, 2.45) is 0 Å². The monoisotopic (exact) mass is 621 g/mol. The van der Waals surface area contributed by atoms with E-state index in [4.69, 9.17) is 19.8 Å². The molecule has 8 rings (SSSR count). The van der Waals surface area contributed by atoms with Crippen LogP contribution in [0.15, 0.2) is 60.8 Å². The van der Waals surface area contributed by atoms with Crippen LogP contribution < -0.4 is 15.5 Å². The lowest BCUT2D eigenvalue weighted by Gasteiger charge is -2.41. The van der Waals surface area contributed by atoms with Gasteiger partial charge < -0.3 is 25.2 Å². The molecule has 11 nitrogen and oxygen atoms in total. The minimum atomic E-state index is -0.285. The molecule has 0 radical (unpaired) electrons. The Morgan fingerprint density at radius 2 is 1.43 bits per heavy atom. The highest BCUT2D eigenvalue weighted by molar-refractivity contribution is 5.99.